The summed E-state index contributed by atoms with van der Waals surface area (Å²) < 4.78 is 13.0. The maximum atomic E-state index is 13.0. The van der Waals surface area contributed by atoms with Gasteiger partial charge in [0.25, 0.3) is 5.91 Å². The highest BCUT2D eigenvalue weighted by molar-refractivity contribution is 7.17. The van der Waals surface area contributed by atoms with Gasteiger partial charge in [0.15, 0.2) is 0 Å². The largest absolute Gasteiger partial charge is 0.307 e. The summed E-state index contributed by atoms with van der Waals surface area (Å²) in [5.41, 5.74) is 3.16. The lowest BCUT2D eigenvalue weighted by Gasteiger charge is -2.16. The van der Waals surface area contributed by atoms with Crippen LogP contribution in [-0.2, 0) is 6.42 Å². The second-order valence-corrected chi connectivity index (χ2v) is 6.59. The summed E-state index contributed by atoms with van der Waals surface area (Å²) in [5, 5.41) is 0. The zero-order chi connectivity index (χ0) is 15.8. The summed E-state index contributed by atoms with van der Waals surface area (Å²) in [7, 11) is 0. The number of carbonyl (C=O) groups excluding carboxylic acids is 1. The third kappa shape index (κ3) is 2.55. The van der Waals surface area contributed by atoms with Gasteiger partial charge in [-0.25, -0.2) is 4.39 Å². The van der Waals surface area contributed by atoms with Crippen molar-refractivity contribution >= 4 is 22.9 Å². The number of para-hydroxylation sites is 1. The lowest BCUT2D eigenvalue weighted by atomic mass is 10.2. The molecule has 0 saturated carbocycles. The SMILES string of the molecule is O=C(c1ccc(-c2ccc(F)cc2)s1)N1CCc2ccccc21. The molecule has 0 radical (unpaired) electrons. The minimum Gasteiger partial charge on any atom is -0.307 e. The fraction of sp³-hybridized carbons (Fsp3) is 0.105. The van der Waals surface area contributed by atoms with E-state index in [-0.39, 0.29) is 11.7 Å². The molecule has 1 aliphatic heterocycles. The number of fused-ring (bicyclic) bond motifs is 1. The second kappa shape index (κ2) is 5.63. The van der Waals surface area contributed by atoms with Crippen molar-refractivity contribution in [2.75, 3.05) is 11.4 Å². The third-order valence-corrected chi connectivity index (χ3v) is 5.20. The minimum atomic E-state index is -0.254. The molecule has 4 heteroatoms. The van der Waals surface area contributed by atoms with E-state index in [0.717, 1.165) is 29.1 Å². The molecule has 3 aromatic rings. The Labute approximate surface area is 137 Å². The Balaban J connectivity index is 1.62. The van der Waals surface area contributed by atoms with Crippen LogP contribution in [0.2, 0.25) is 0 Å². The molecule has 1 amide bonds. The molecule has 1 aliphatic rings. The number of amides is 1. The van der Waals surface area contributed by atoms with Crippen molar-refractivity contribution in [2.24, 2.45) is 0 Å². The molecule has 23 heavy (non-hydrogen) atoms. The first kappa shape index (κ1) is 14.2. The van der Waals surface area contributed by atoms with Gasteiger partial charge >= 0.3 is 0 Å². The van der Waals surface area contributed by atoms with Crippen LogP contribution in [0.3, 0.4) is 0 Å². The van der Waals surface area contributed by atoms with Gasteiger partial charge in [-0.15, -0.1) is 11.3 Å². The molecular formula is C19H14FNOS. The van der Waals surface area contributed by atoms with Crippen molar-refractivity contribution in [2.45, 2.75) is 6.42 Å². The van der Waals surface area contributed by atoms with E-state index in [1.165, 1.54) is 29.0 Å². The van der Waals surface area contributed by atoms with Crippen LogP contribution in [0.4, 0.5) is 10.1 Å². The summed E-state index contributed by atoms with van der Waals surface area (Å²) in [5.74, 6) is -0.219. The van der Waals surface area contributed by atoms with Crippen molar-refractivity contribution in [3.63, 3.8) is 0 Å². The van der Waals surface area contributed by atoms with E-state index in [1.54, 1.807) is 12.1 Å². The van der Waals surface area contributed by atoms with E-state index in [4.69, 9.17) is 0 Å². The fourth-order valence-corrected chi connectivity index (χ4v) is 3.86. The van der Waals surface area contributed by atoms with E-state index in [1.807, 2.05) is 35.2 Å². The van der Waals surface area contributed by atoms with Gasteiger partial charge < -0.3 is 4.90 Å². The number of nitrogens with zero attached hydrogens (tertiary/aromatic N) is 1. The number of benzene rings is 2. The van der Waals surface area contributed by atoms with Crippen molar-refractivity contribution < 1.29 is 9.18 Å². The first-order valence-electron chi connectivity index (χ1n) is 7.48. The molecule has 0 atom stereocenters. The summed E-state index contributed by atoms with van der Waals surface area (Å²) in [4.78, 5) is 16.3. The molecule has 1 aromatic heterocycles. The highest BCUT2D eigenvalue weighted by atomic mass is 32.1. The molecule has 114 valence electrons. The fourth-order valence-electron chi connectivity index (χ4n) is 2.90. The van der Waals surface area contributed by atoms with Crippen LogP contribution in [0, 0.1) is 5.82 Å². The lowest BCUT2D eigenvalue weighted by molar-refractivity contribution is 0.0993. The van der Waals surface area contributed by atoms with Crippen LogP contribution in [0.15, 0.2) is 60.7 Å². The van der Waals surface area contributed by atoms with Gasteiger partial charge in [0, 0.05) is 17.1 Å². The Morgan fingerprint density at radius 1 is 1.00 bits per heavy atom. The smallest absolute Gasteiger partial charge is 0.268 e. The molecule has 0 spiro atoms. The zero-order valence-corrected chi connectivity index (χ0v) is 13.1. The Morgan fingerprint density at radius 2 is 1.78 bits per heavy atom. The van der Waals surface area contributed by atoms with Crippen molar-refractivity contribution in [1.82, 2.24) is 0 Å². The lowest BCUT2D eigenvalue weighted by Crippen LogP contribution is -2.28. The van der Waals surface area contributed by atoms with Gasteiger partial charge in [-0.05, 0) is 47.9 Å². The second-order valence-electron chi connectivity index (χ2n) is 5.51. The van der Waals surface area contributed by atoms with Gasteiger partial charge in [0.2, 0.25) is 0 Å². The highest BCUT2D eigenvalue weighted by Crippen LogP contribution is 2.33. The van der Waals surface area contributed by atoms with Crippen LogP contribution >= 0.6 is 11.3 Å². The monoisotopic (exact) mass is 323 g/mol. The van der Waals surface area contributed by atoms with E-state index < -0.39 is 0 Å². The van der Waals surface area contributed by atoms with Gasteiger partial charge in [-0.2, -0.15) is 0 Å². The van der Waals surface area contributed by atoms with Crippen LogP contribution < -0.4 is 4.90 Å². The molecule has 4 rings (SSSR count). The maximum Gasteiger partial charge on any atom is 0.268 e. The first-order chi connectivity index (χ1) is 11.2. The minimum absolute atomic E-state index is 0.0355. The molecule has 0 bridgehead atoms. The third-order valence-electron chi connectivity index (χ3n) is 4.08. The molecule has 2 nitrogen and oxygen atoms in total. The van der Waals surface area contributed by atoms with Gasteiger partial charge in [0.05, 0.1) is 4.88 Å². The standard InChI is InChI=1S/C19H14FNOS/c20-15-7-5-14(6-8-15)17-9-10-18(23-17)19(22)21-12-11-13-3-1-2-4-16(13)21/h1-10H,11-12H2. The molecule has 0 saturated heterocycles. The predicted octanol–water partition coefficient (Wildman–Crippen LogP) is 4.76. The Morgan fingerprint density at radius 3 is 2.61 bits per heavy atom. The van der Waals surface area contributed by atoms with Gasteiger partial charge in [-0.1, -0.05) is 30.3 Å². The summed E-state index contributed by atoms with van der Waals surface area (Å²) in [6.07, 6.45) is 0.901. The van der Waals surface area contributed by atoms with Crippen molar-refractivity contribution in [3.05, 3.63) is 76.9 Å². The zero-order valence-electron chi connectivity index (χ0n) is 12.3. The molecule has 0 aliphatic carbocycles. The van der Waals surface area contributed by atoms with E-state index in [0.29, 0.717) is 4.88 Å². The van der Waals surface area contributed by atoms with Crippen LogP contribution in [0.5, 0.6) is 0 Å². The molecule has 0 fully saturated rings. The van der Waals surface area contributed by atoms with Crippen molar-refractivity contribution in [1.29, 1.82) is 0 Å². The molecule has 2 aromatic carbocycles. The first-order valence-corrected chi connectivity index (χ1v) is 8.29. The number of carbonyl (C=O) groups is 1. The normalized spacial score (nSPS) is 13.2. The highest BCUT2D eigenvalue weighted by Gasteiger charge is 2.26. The Bertz CT molecular complexity index is 869. The molecule has 2 heterocycles. The number of hydrogen-bond donors (Lipinski definition) is 0. The average Bonchev–Trinajstić information content (AvgIpc) is 3.22. The number of rotatable bonds is 2. The van der Waals surface area contributed by atoms with Gasteiger partial charge in [0.1, 0.15) is 5.82 Å². The maximum absolute atomic E-state index is 13.0. The number of thiophene rings is 1. The van der Waals surface area contributed by atoms with Crippen molar-refractivity contribution in [3.8, 4) is 10.4 Å². The molecule has 0 N–H and O–H groups in total. The molecular weight excluding hydrogens is 309 g/mol. The summed E-state index contributed by atoms with van der Waals surface area (Å²) in [6, 6.07) is 18.2. The van der Waals surface area contributed by atoms with Crippen LogP contribution in [0.25, 0.3) is 10.4 Å². The Kier molecular flexibility index (Phi) is 3.46. The number of halogens is 1. The molecule has 0 unspecified atom stereocenters. The number of anilines is 1. The van der Waals surface area contributed by atoms with E-state index in [9.17, 15) is 9.18 Å². The van der Waals surface area contributed by atoms with Crippen LogP contribution in [0.1, 0.15) is 15.2 Å². The van der Waals surface area contributed by atoms with E-state index >= 15 is 0 Å². The predicted molar refractivity (Wildman–Crippen MR) is 91.5 cm³/mol. The van der Waals surface area contributed by atoms with Gasteiger partial charge in [-0.3, -0.25) is 4.79 Å². The summed E-state index contributed by atoms with van der Waals surface area (Å²) in [6.45, 7) is 0.724. The number of hydrogen-bond acceptors (Lipinski definition) is 2. The van der Waals surface area contributed by atoms with E-state index in [2.05, 4.69) is 6.07 Å². The topological polar surface area (TPSA) is 20.3 Å². The van der Waals surface area contributed by atoms with Crippen LogP contribution in [-0.4, -0.2) is 12.5 Å². The quantitative estimate of drug-likeness (QED) is 0.666. The average molecular weight is 323 g/mol. The summed E-state index contributed by atoms with van der Waals surface area (Å²) >= 11 is 1.45. The Hall–Kier alpha value is -2.46.